The van der Waals surface area contributed by atoms with E-state index in [-0.39, 0.29) is 23.8 Å². The topological polar surface area (TPSA) is 86.8 Å². The monoisotopic (exact) mass is 631 g/mol. The van der Waals surface area contributed by atoms with Crippen LogP contribution in [0.1, 0.15) is 35.6 Å². The van der Waals surface area contributed by atoms with E-state index in [1.54, 1.807) is 37.3 Å². The molecule has 4 aromatic carbocycles. The zero-order valence-corrected chi connectivity index (χ0v) is 26.8. The number of anilines is 1. The van der Waals surface area contributed by atoms with Gasteiger partial charge >= 0.3 is 0 Å². The zero-order chi connectivity index (χ0) is 31.7. The number of amides is 2. The molecule has 0 heterocycles. The van der Waals surface area contributed by atoms with Gasteiger partial charge in [-0.15, -0.1) is 0 Å². The van der Waals surface area contributed by atoms with E-state index in [4.69, 9.17) is 11.6 Å². The highest BCUT2D eigenvalue weighted by Gasteiger charge is 2.35. The fourth-order valence-corrected chi connectivity index (χ4v) is 6.54. The first kappa shape index (κ1) is 32.8. The predicted octanol–water partition coefficient (Wildman–Crippen LogP) is 6.32. The van der Waals surface area contributed by atoms with Crippen molar-refractivity contribution < 1.29 is 18.0 Å². The molecule has 0 fully saturated rings. The molecule has 0 aromatic heterocycles. The van der Waals surface area contributed by atoms with E-state index in [0.29, 0.717) is 22.8 Å². The van der Waals surface area contributed by atoms with Crippen LogP contribution in [0.15, 0.2) is 108 Å². The smallest absolute Gasteiger partial charge is 0.264 e. The van der Waals surface area contributed by atoms with E-state index in [1.165, 1.54) is 17.0 Å². The second kappa shape index (κ2) is 15.0. The van der Waals surface area contributed by atoms with Crippen molar-refractivity contribution >= 4 is 39.1 Å². The van der Waals surface area contributed by atoms with Gasteiger partial charge in [-0.05, 0) is 61.2 Å². The largest absolute Gasteiger partial charge is 0.354 e. The molecule has 0 bridgehead atoms. The molecular formula is C35H38ClN3O4S. The summed E-state index contributed by atoms with van der Waals surface area (Å²) in [7, 11) is -4.20. The molecule has 0 radical (unpaired) electrons. The van der Waals surface area contributed by atoms with Crippen LogP contribution >= 0.6 is 11.6 Å². The van der Waals surface area contributed by atoms with Gasteiger partial charge in [-0.1, -0.05) is 103 Å². The molecule has 4 rings (SSSR count). The predicted molar refractivity (Wildman–Crippen MR) is 176 cm³/mol. The zero-order valence-electron chi connectivity index (χ0n) is 25.2. The van der Waals surface area contributed by atoms with E-state index >= 15 is 0 Å². The molecule has 9 heteroatoms. The normalized spacial score (nSPS) is 11.9. The number of carbonyl (C=O) groups excluding carboxylic acids is 2. The average Bonchev–Trinajstić information content (AvgIpc) is 3.02. The second-order valence-corrected chi connectivity index (χ2v) is 13.1. The van der Waals surface area contributed by atoms with Crippen LogP contribution in [0, 0.1) is 13.8 Å². The maximum Gasteiger partial charge on any atom is 0.264 e. The lowest BCUT2D eigenvalue weighted by Crippen LogP contribution is -2.53. The Morgan fingerprint density at radius 3 is 2.07 bits per heavy atom. The van der Waals surface area contributed by atoms with Gasteiger partial charge in [0.25, 0.3) is 10.0 Å². The fourth-order valence-electron chi connectivity index (χ4n) is 4.90. The lowest BCUT2D eigenvalue weighted by atomic mass is 10.0. The SMILES string of the molecule is CCCNC(=O)[C@@H](Cc1ccccc1)N(Cc1ccccc1)C(=O)CN(c1cc(Cl)ccc1C)S(=O)(=O)c1ccc(C)cc1. The van der Waals surface area contributed by atoms with Gasteiger partial charge in [-0.25, -0.2) is 8.42 Å². The number of hydrogen-bond acceptors (Lipinski definition) is 4. The Kier molecular flexibility index (Phi) is 11.2. The molecule has 2 amide bonds. The first-order valence-electron chi connectivity index (χ1n) is 14.6. The minimum atomic E-state index is -4.20. The Morgan fingerprint density at radius 2 is 1.45 bits per heavy atom. The Hall–Kier alpha value is -4.14. The highest BCUT2D eigenvalue weighted by atomic mass is 35.5. The summed E-state index contributed by atoms with van der Waals surface area (Å²) in [4.78, 5) is 29.7. The molecule has 1 atom stereocenters. The summed E-state index contributed by atoms with van der Waals surface area (Å²) in [5, 5.41) is 3.29. The van der Waals surface area contributed by atoms with E-state index in [1.807, 2.05) is 74.5 Å². The molecule has 0 aliphatic carbocycles. The summed E-state index contributed by atoms with van der Waals surface area (Å²) < 4.78 is 29.5. The molecule has 1 N–H and O–H groups in total. The van der Waals surface area contributed by atoms with E-state index < -0.39 is 28.5 Å². The number of halogens is 1. The van der Waals surface area contributed by atoms with Crippen LogP contribution < -0.4 is 9.62 Å². The molecule has 0 saturated carbocycles. The number of nitrogens with zero attached hydrogens (tertiary/aromatic N) is 2. The minimum absolute atomic E-state index is 0.0476. The summed E-state index contributed by atoms with van der Waals surface area (Å²) in [5.41, 5.74) is 3.52. The van der Waals surface area contributed by atoms with Gasteiger partial charge in [-0.2, -0.15) is 0 Å². The van der Waals surface area contributed by atoms with Gasteiger partial charge in [0.05, 0.1) is 10.6 Å². The van der Waals surface area contributed by atoms with E-state index in [9.17, 15) is 18.0 Å². The first-order chi connectivity index (χ1) is 21.1. The highest BCUT2D eigenvalue weighted by molar-refractivity contribution is 7.92. The van der Waals surface area contributed by atoms with Gasteiger partial charge in [-0.3, -0.25) is 13.9 Å². The summed E-state index contributed by atoms with van der Waals surface area (Å²) in [6.45, 7) is 5.64. The Balaban J connectivity index is 1.81. The van der Waals surface area contributed by atoms with Gasteiger partial charge in [0, 0.05) is 24.5 Å². The average molecular weight is 632 g/mol. The number of rotatable bonds is 13. The lowest BCUT2D eigenvalue weighted by molar-refractivity contribution is -0.140. The van der Waals surface area contributed by atoms with Gasteiger partial charge in [0.15, 0.2) is 0 Å². The third kappa shape index (κ3) is 8.27. The third-order valence-corrected chi connectivity index (χ3v) is 9.35. The summed E-state index contributed by atoms with van der Waals surface area (Å²) in [6, 6.07) is 29.4. The van der Waals surface area contributed by atoms with Gasteiger partial charge in [0.2, 0.25) is 11.8 Å². The summed E-state index contributed by atoms with van der Waals surface area (Å²) in [6.07, 6.45) is 0.989. The highest BCUT2D eigenvalue weighted by Crippen LogP contribution is 2.30. The maximum atomic E-state index is 14.5. The molecule has 44 heavy (non-hydrogen) atoms. The maximum absolute atomic E-state index is 14.5. The minimum Gasteiger partial charge on any atom is -0.354 e. The van der Waals surface area contributed by atoms with Crippen LogP contribution in [0.25, 0.3) is 0 Å². The van der Waals surface area contributed by atoms with Crippen molar-refractivity contribution in [2.24, 2.45) is 0 Å². The number of sulfonamides is 1. The molecule has 4 aromatic rings. The van der Waals surface area contributed by atoms with Crippen molar-refractivity contribution in [2.75, 3.05) is 17.4 Å². The van der Waals surface area contributed by atoms with Crippen molar-refractivity contribution in [1.82, 2.24) is 10.2 Å². The Morgan fingerprint density at radius 1 is 0.841 bits per heavy atom. The van der Waals surface area contributed by atoms with Gasteiger partial charge in [0.1, 0.15) is 12.6 Å². The van der Waals surface area contributed by atoms with E-state index in [2.05, 4.69) is 5.32 Å². The molecule has 230 valence electrons. The molecule has 0 unspecified atom stereocenters. The summed E-state index contributed by atoms with van der Waals surface area (Å²) >= 11 is 6.35. The quantitative estimate of drug-likeness (QED) is 0.187. The van der Waals surface area contributed by atoms with Gasteiger partial charge < -0.3 is 10.2 Å². The molecule has 0 aliphatic heterocycles. The lowest BCUT2D eigenvalue weighted by Gasteiger charge is -2.34. The van der Waals surface area contributed by atoms with Crippen LogP contribution in [0.2, 0.25) is 5.02 Å². The van der Waals surface area contributed by atoms with Crippen molar-refractivity contribution in [3.8, 4) is 0 Å². The first-order valence-corrected chi connectivity index (χ1v) is 16.4. The van der Waals surface area contributed by atoms with Crippen molar-refractivity contribution in [2.45, 2.75) is 51.1 Å². The Bertz CT molecular complexity index is 1660. The number of benzene rings is 4. The molecule has 0 saturated heterocycles. The fraction of sp³-hybridized carbons (Fsp3) is 0.257. The van der Waals surface area contributed by atoms with Crippen LogP contribution in [-0.4, -0.2) is 44.3 Å². The Labute approximate surface area is 265 Å². The molecule has 7 nitrogen and oxygen atoms in total. The molecule has 0 spiro atoms. The number of carbonyl (C=O) groups is 2. The number of nitrogens with one attached hydrogen (secondary N) is 1. The number of aryl methyl sites for hydroxylation is 2. The standard InChI is InChI=1S/C35H38ClN3O4S/c1-4-21-37-35(41)33(22-28-11-7-5-8-12-28)38(24-29-13-9-6-10-14-29)34(40)25-39(32-23-30(36)18-17-27(32)3)44(42,43)31-19-15-26(2)16-20-31/h5-20,23,33H,4,21-22,24-25H2,1-3H3,(H,37,41)/t33-/m1/s1. The van der Waals surface area contributed by atoms with E-state index in [0.717, 1.165) is 27.4 Å². The molecular weight excluding hydrogens is 594 g/mol. The molecule has 0 aliphatic rings. The third-order valence-electron chi connectivity index (χ3n) is 7.34. The van der Waals surface area contributed by atoms with Crippen LogP contribution in [0.3, 0.4) is 0 Å². The van der Waals surface area contributed by atoms with Crippen molar-refractivity contribution in [1.29, 1.82) is 0 Å². The van der Waals surface area contributed by atoms with Crippen molar-refractivity contribution in [3.05, 3.63) is 130 Å². The van der Waals surface area contributed by atoms with Crippen LogP contribution in [0.4, 0.5) is 5.69 Å². The van der Waals surface area contributed by atoms with Crippen molar-refractivity contribution in [3.63, 3.8) is 0 Å². The van der Waals surface area contributed by atoms with Crippen LogP contribution in [0.5, 0.6) is 0 Å². The second-order valence-electron chi connectivity index (χ2n) is 10.8. The number of hydrogen-bond donors (Lipinski definition) is 1. The summed E-state index contributed by atoms with van der Waals surface area (Å²) in [5.74, 6) is -0.816. The van der Waals surface area contributed by atoms with Crippen LogP contribution in [-0.2, 0) is 32.6 Å².